The van der Waals surface area contributed by atoms with Crippen LogP contribution in [0.2, 0.25) is 18.1 Å². The van der Waals surface area contributed by atoms with E-state index >= 15 is 0 Å². The molecule has 0 saturated carbocycles. The molecule has 2 unspecified atom stereocenters. The highest BCUT2D eigenvalue weighted by molar-refractivity contribution is 6.74. The van der Waals surface area contributed by atoms with Crippen LogP contribution in [0.5, 0.6) is 0 Å². The highest BCUT2D eigenvalue weighted by atomic mass is 28.4. The number of carbonyl (C=O) groups is 2. The van der Waals surface area contributed by atoms with Crippen LogP contribution in [0.3, 0.4) is 0 Å². The number of rotatable bonds is 4. The molecule has 1 aliphatic rings. The minimum atomic E-state index is -1.91. The summed E-state index contributed by atoms with van der Waals surface area (Å²) in [5.74, 6) is -0.389. The Kier molecular flexibility index (Phi) is 4.90. The largest absolute Gasteiger partial charge is 0.413 e. The first-order chi connectivity index (χ1) is 8.64. The fourth-order valence-electron chi connectivity index (χ4n) is 2.19. The standard InChI is InChI=1S/C15H26O3Si/c1-11-7-8-14(13(10-17)12(11)9-16)18-19(5,6)15(2,3)4/h9-10,13-14H,7-8H2,1-6H3. The zero-order chi connectivity index (χ0) is 14.8. The van der Waals surface area contributed by atoms with Gasteiger partial charge in [0, 0.05) is 5.57 Å². The number of hydrogen-bond acceptors (Lipinski definition) is 3. The lowest BCUT2D eigenvalue weighted by Gasteiger charge is -2.42. The van der Waals surface area contributed by atoms with Gasteiger partial charge in [-0.1, -0.05) is 26.3 Å². The van der Waals surface area contributed by atoms with Crippen molar-refractivity contribution in [1.29, 1.82) is 0 Å². The summed E-state index contributed by atoms with van der Waals surface area (Å²) in [6.45, 7) is 12.8. The van der Waals surface area contributed by atoms with Crippen molar-refractivity contribution in [2.45, 2.75) is 64.8 Å². The minimum Gasteiger partial charge on any atom is -0.413 e. The highest BCUT2D eigenvalue weighted by Gasteiger charge is 2.42. The summed E-state index contributed by atoms with van der Waals surface area (Å²) >= 11 is 0. The molecule has 1 rings (SSSR count). The predicted octanol–water partition coefficient (Wildman–Crippen LogP) is 3.50. The third-order valence-corrected chi connectivity index (χ3v) is 9.09. The van der Waals surface area contributed by atoms with Gasteiger partial charge >= 0.3 is 0 Å². The molecular weight excluding hydrogens is 256 g/mol. The van der Waals surface area contributed by atoms with Gasteiger partial charge in [-0.2, -0.15) is 0 Å². The molecule has 0 radical (unpaired) electrons. The monoisotopic (exact) mass is 282 g/mol. The fourth-order valence-corrected chi connectivity index (χ4v) is 3.57. The predicted molar refractivity (Wildman–Crippen MR) is 79.6 cm³/mol. The molecule has 0 aromatic heterocycles. The van der Waals surface area contributed by atoms with Gasteiger partial charge in [-0.3, -0.25) is 4.79 Å². The molecule has 4 heteroatoms. The van der Waals surface area contributed by atoms with Crippen molar-refractivity contribution < 1.29 is 14.0 Å². The summed E-state index contributed by atoms with van der Waals surface area (Å²) in [6.07, 6.45) is 3.25. The number of allylic oxidation sites excluding steroid dienone is 1. The summed E-state index contributed by atoms with van der Waals surface area (Å²) in [6, 6.07) is 0. The first-order valence-corrected chi connectivity index (χ1v) is 9.83. The van der Waals surface area contributed by atoms with Crippen LogP contribution in [0, 0.1) is 5.92 Å². The molecule has 1 aliphatic carbocycles. The summed E-state index contributed by atoms with van der Waals surface area (Å²) in [7, 11) is -1.91. The second-order valence-electron chi connectivity index (χ2n) is 6.97. The van der Waals surface area contributed by atoms with Crippen molar-refractivity contribution in [2.24, 2.45) is 5.92 Å². The van der Waals surface area contributed by atoms with Crippen LogP contribution in [0.1, 0.15) is 40.5 Å². The zero-order valence-corrected chi connectivity index (χ0v) is 13.9. The Morgan fingerprint density at radius 1 is 1.26 bits per heavy atom. The molecule has 2 atom stereocenters. The molecule has 0 heterocycles. The molecule has 0 amide bonds. The highest BCUT2D eigenvalue weighted by Crippen LogP contribution is 2.40. The molecule has 19 heavy (non-hydrogen) atoms. The molecule has 0 N–H and O–H groups in total. The van der Waals surface area contributed by atoms with E-state index in [1.165, 1.54) is 0 Å². The Labute approximate surface area is 117 Å². The zero-order valence-electron chi connectivity index (χ0n) is 12.9. The molecule has 0 aromatic rings. The molecular formula is C15H26O3Si. The van der Waals surface area contributed by atoms with E-state index in [1.54, 1.807) is 0 Å². The number of carbonyl (C=O) groups excluding carboxylic acids is 2. The molecule has 0 fully saturated rings. The van der Waals surface area contributed by atoms with E-state index in [-0.39, 0.29) is 17.1 Å². The quantitative estimate of drug-likeness (QED) is 0.585. The van der Waals surface area contributed by atoms with Gasteiger partial charge in [-0.25, -0.2) is 0 Å². The van der Waals surface area contributed by atoms with Gasteiger partial charge < -0.3 is 9.22 Å². The van der Waals surface area contributed by atoms with Gasteiger partial charge in [-0.05, 0) is 37.9 Å². The van der Waals surface area contributed by atoms with Crippen molar-refractivity contribution in [3.05, 3.63) is 11.1 Å². The average molecular weight is 282 g/mol. The van der Waals surface area contributed by atoms with Gasteiger partial charge in [0.2, 0.25) is 0 Å². The lowest BCUT2D eigenvalue weighted by Crippen LogP contribution is -2.47. The molecule has 0 spiro atoms. The Hall–Kier alpha value is -0.743. The average Bonchev–Trinajstić information content (AvgIpc) is 2.29. The van der Waals surface area contributed by atoms with Gasteiger partial charge in [0.25, 0.3) is 0 Å². The van der Waals surface area contributed by atoms with E-state index in [9.17, 15) is 9.59 Å². The maximum Gasteiger partial charge on any atom is 0.192 e. The van der Waals surface area contributed by atoms with Crippen molar-refractivity contribution >= 4 is 20.9 Å². The second-order valence-corrected chi connectivity index (χ2v) is 11.7. The van der Waals surface area contributed by atoms with Crippen LogP contribution in [0.15, 0.2) is 11.1 Å². The van der Waals surface area contributed by atoms with E-state index in [4.69, 9.17) is 4.43 Å². The Morgan fingerprint density at radius 2 is 1.84 bits per heavy atom. The summed E-state index contributed by atoms with van der Waals surface area (Å²) in [5, 5.41) is 0.109. The smallest absolute Gasteiger partial charge is 0.192 e. The second kappa shape index (κ2) is 5.71. The van der Waals surface area contributed by atoms with Crippen LogP contribution >= 0.6 is 0 Å². The van der Waals surface area contributed by atoms with Gasteiger partial charge in [0.15, 0.2) is 8.32 Å². The van der Waals surface area contributed by atoms with Crippen LogP contribution in [0.4, 0.5) is 0 Å². The van der Waals surface area contributed by atoms with Crippen LogP contribution < -0.4 is 0 Å². The van der Waals surface area contributed by atoms with Crippen molar-refractivity contribution in [1.82, 2.24) is 0 Å². The SMILES string of the molecule is CC1=C(C=O)C(C=O)C(O[Si](C)(C)C(C)(C)C)CC1. The van der Waals surface area contributed by atoms with Crippen molar-refractivity contribution in [3.63, 3.8) is 0 Å². The van der Waals surface area contributed by atoms with Crippen LogP contribution in [-0.2, 0) is 14.0 Å². The lowest BCUT2D eigenvalue weighted by molar-refractivity contribution is -0.115. The van der Waals surface area contributed by atoms with Gasteiger partial charge in [-0.15, -0.1) is 0 Å². The Balaban J connectivity index is 2.97. The summed E-state index contributed by atoms with van der Waals surface area (Å²) in [4.78, 5) is 22.5. The minimum absolute atomic E-state index is 0.109. The Bertz CT molecular complexity index is 391. The first-order valence-electron chi connectivity index (χ1n) is 6.92. The van der Waals surface area contributed by atoms with E-state index in [2.05, 4.69) is 33.9 Å². The topological polar surface area (TPSA) is 43.4 Å². The van der Waals surface area contributed by atoms with Crippen LogP contribution in [-0.4, -0.2) is 27.0 Å². The lowest BCUT2D eigenvalue weighted by atomic mass is 9.82. The molecule has 108 valence electrons. The van der Waals surface area contributed by atoms with E-state index in [0.717, 1.165) is 31.0 Å². The molecule has 3 nitrogen and oxygen atoms in total. The van der Waals surface area contributed by atoms with Crippen LogP contribution in [0.25, 0.3) is 0 Å². The van der Waals surface area contributed by atoms with Crippen molar-refractivity contribution in [3.8, 4) is 0 Å². The van der Waals surface area contributed by atoms with E-state index in [0.29, 0.717) is 5.57 Å². The first kappa shape index (κ1) is 16.3. The van der Waals surface area contributed by atoms with Crippen molar-refractivity contribution in [2.75, 3.05) is 0 Å². The molecule has 0 bridgehead atoms. The molecule has 0 saturated heterocycles. The third-order valence-electron chi connectivity index (χ3n) is 4.58. The van der Waals surface area contributed by atoms with E-state index in [1.807, 2.05) is 6.92 Å². The fraction of sp³-hybridized carbons (Fsp3) is 0.733. The van der Waals surface area contributed by atoms with Gasteiger partial charge in [0.1, 0.15) is 12.6 Å². The maximum atomic E-state index is 11.4. The molecule has 0 aromatic carbocycles. The molecule has 0 aliphatic heterocycles. The van der Waals surface area contributed by atoms with Gasteiger partial charge in [0.05, 0.1) is 12.0 Å². The normalized spacial score (nSPS) is 25.4. The number of hydrogen-bond donors (Lipinski definition) is 0. The summed E-state index contributed by atoms with van der Waals surface area (Å²) in [5.41, 5.74) is 1.66. The summed E-state index contributed by atoms with van der Waals surface area (Å²) < 4.78 is 6.34. The Morgan fingerprint density at radius 3 is 2.26 bits per heavy atom. The van der Waals surface area contributed by atoms with E-state index < -0.39 is 8.32 Å². The number of aldehydes is 2. The third kappa shape index (κ3) is 3.42. The maximum absolute atomic E-state index is 11.4.